The van der Waals surface area contributed by atoms with Crippen molar-refractivity contribution < 1.29 is 19.4 Å². The molecule has 3 atom stereocenters. The fourth-order valence-corrected chi connectivity index (χ4v) is 4.77. The molecule has 1 N–H and O–H groups in total. The van der Waals surface area contributed by atoms with Crippen LogP contribution in [0, 0.1) is 5.92 Å². The summed E-state index contributed by atoms with van der Waals surface area (Å²) in [6.07, 6.45) is 5.91. The highest BCUT2D eigenvalue weighted by Crippen LogP contribution is 2.51. The molecule has 0 radical (unpaired) electrons. The average Bonchev–Trinajstić information content (AvgIpc) is 2.66. The normalized spacial score (nSPS) is 28.4. The van der Waals surface area contributed by atoms with Gasteiger partial charge in [-0.05, 0) is 43.9 Å². The van der Waals surface area contributed by atoms with E-state index in [4.69, 9.17) is 9.47 Å². The number of carbonyl (C=O) groups is 1. The summed E-state index contributed by atoms with van der Waals surface area (Å²) in [6.45, 7) is 2.62. The van der Waals surface area contributed by atoms with Crippen LogP contribution in [0.1, 0.15) is 63.5 Å². The summed E-state index contributed by atoms with van der Waals surface area (Å²) in [4.78, 5) is 14.9. The molecule has 1 heterocycles. The predicted octanol–water partition coefficient (Wildman–Crippen LogP) is 3.70. The number of ether oxygens (including phenoxy) is 2. The van der Waals surface area contributed by atoms with Gasteiger partial charge < -0.3 is 19.5 Å². The van der Waals surface area contributed by atoms with Gasteiger partial charge >= 0.3 is 0 Å². The summed E-state index contributed by atoms with van der Waals surface area (Å²) >= 11 is 0. The molecular formula is C21H31NO4. The van der Waals surface area contributed by atoms with Gasteiger partial charge in [0.2, 0.25) is 5.91 Å². The van der Waals surface area contributed by atoms with Crippen molar-refractivity contribution in [3.05, 3.63) is 23.8 Å². The van der Waals surface area contributed by atoms with Gasteiger partial charge in [-0.1, -0.05) is 19.8 Å². The Balaban J connectivity index is 2.08. The Kier molecular flexibility index (Phi) is 5.76. The Bertz CT molecular complexity index is 647. The smallest absolute Gasteiger partial charge is 0.223 e. The first-order valence-electron chi connectivity index (χ1n) is 9.78. The molecule has 0 unspecified atom stereocenters. The van der Waals surface area contributed by atoms with Crippen LogP contribution in [-0.2, 0) is 4.79 Å². The van der Waals surface area contributed by atoms with E-state index < -0.39 is 5.60 Å². The SMILES string of the molecule is CCCC(=O)N1CC[C@]2(O)CCCC[C@H]2[C@@H]1c1cc(OC)ccc1OC. The standard InChI is InChI=1S/C21H31NO4/c1-4-7-19(23)22-13-12-21(24)11-6-5-8-17(21)20(22)16-14-15(25-2)9-10-18(16)26-3/h9-10,14,17,20,24H,4-8,11-13H2,1-3H3/t17-,20-,21+/m0/s1. The second-order valence-electron chi connectivity index (χ2n) is 7.60. The van der Waals surface area contributed by atoms with Gasteiger partial charge in [-0.2, -0.15) is 0 Å². The summed E-state index contributed by atoms with van der Waals surface area (Å²) in [5.41, 5.74) is 0.251. The van der Waals surface area contributed by atoms with Gasteiger partial charge in [0.1, 0.15) is 11.5 Å². The molecule has 0 aromatic heterocycles. The van der Waals surface area contributed by atoms with Crippen LogP contribution in [0.15, 0.2) is 18.2 Å². The number of hydrogen-bond donors (Lipinski definition) is 1. The molecule has 1 saturated carbocycles. The lowest BCUT2D eigenvalue weighted by Gasteiger charge is -2.52. The molecule has 26 heavy (non-hydrogen) atoms. The number of nitrogens with zero attached hydrogens (tertiary/aromatic N) is 1. The van der Waals surface area contributed by atoms with Crippen LogP contribution in [0.25, 0.3) is 0 Å². The molecule has 1 aromatic rings. The molecule has 1 amide bonds. The molecule has 1 aliphatic heterocycles. The molecule has 2 aliphatic rings. The van der Waals surface area contributed by atoms with Gasteiger partial charge in [-0.15, -0.1) is 0 Å². The molecule has 0 bridgehead atoms. The number of rotatable bonds is 5. The Hall–Kier alpha value is -1.75. The van der Waals surface area contributed by atoms with Crippen LogP contribution in [-0.4, -0.2) is 42.3 Å². The fourth-order valence-electron chi connectivity index (χ4n) is 4.77. The maximum absolute atomic E-state index is 12.9. The van der Waals surface area contributed by atoms with Gasteiger partial charge in [0, 0.05) is 24.4 Å². The van der Waals surface area contributed by atoms with E-state index in [2.05, 4.69) is 0 Å². The molecule has 0 spiro atoms. The van der Waals surface area contributed by atoms with Crippen molar-refractivity contribution in [1.29, 1.82) is 0 Å². The lowest BCUT2D eigenvalue weighted by molar-refractivity contribution is -0.155. The van der Waals surface area contributed by atoms with E-state index in [9.17, 15) is 9.90 Å². The minimum atomic E-state index is -0.694. The predicted molar refractivity (Wildman–Crippen MR) is 100 cm³/mol. The third kappa shape index (κ3) is 3.41. The van der Waals surface area contributed by atoms with Gasteiger partial charge in [-0.3, -0.25) is 4.79 Å². The van der Waals surface area contributed by atoms with Crippen molar-refractivity contribution >= 4 is 5.91 Å². The number of aliphatic hydroxyl groups is 1. The topological polar surface area (TPSA) is 59.0 Å². The highest BCUT2D eigenvalue weighted by molar-refractivity contribution is 5.77. The summed E-state index contributed by atoms with van der Waals surface area (Å²) in [5.74, 6) is 1.69. The third-order valence-corrected chi connectivity index (χ3v) is 6.11. The number of piperidine rings is 1. The summed E-state index contributed by atoms with van der Waals surface area (Å²) in [5, 5.41) is 11.3. The molecular weight excluding hydrogens is 330 g/mol. The van der Waals surface area contributed by atoms with Crippen LogP contribution >= 0.6 is 0 Å². The maximum Gasteiger partial charge on any atom is 0.223 e. The molecule has 3 rings (SSSR count). The number of carbonyl (C=O) groups excluding carboxylic acids is 1. The molecule has 1 saturated heterocycles. The Morgan fingerprint density at radius 2 is 2.08 bits per heavy atom. The molecule has 5 heteroatoms. The van der Waals surface area contributed by atoms with Gasteiger partial charge in [-0.25, -0.2) is 0 Å². The highest BCUT2D eigenvalue weighted by atomic mass is 16.5. The first-order valence-corrected chi connectivity index (χ1v) is 9.78. The van der Waals surface area contributed by atoms with Crippen molar-refractivity contribution in [2.75, 3.05) is 20.8 Å². The average molecular weight is 361 g/mol. The Labute approximate surface area is 156 Å². The van der Waals surface area contributed by atoms with Crippen molar-refractivity contribution in [3.8, 4) is 11.5 Å². The molecule has 5 nitrogen and oxygen atoms in total. The lowest BCUT2D eigenvalue weighted by Crippen LogP contribution is -2.56. The fraction of sp³-hybridized carbons (Fsp3) is 0.667. The first-order chi connectivity index (χ1) is 12.5. The zero-order valence-corrected chi connectivity index (χ0v) is 16.2. The minimum Gasteiger partial charge on any atom is -0.497 e. The summed E-state index contributed by atoms with van der Waals surface area (Å²) in [7, 11) is 3.29. The second kappa shape index (κ2) is 7.87. The van der Waals surface area contributed by atoms with Crippen LogP contribution in [0.2, 0.25) is 0 Å². The second-order valence-corrected chi connectivity index (χ2v) is 7.60. The molecule has 144 valence electrons. The van der Waals surface area contributed by atoms with Crippen molar-refractivity contribution in [2.45, 2.75) is 63.5 Å². The summed E-state index contributed by atoms with van der Waals surface area (Å²) < 4.78 is 11.1. The van der Waals surface area contributed by atoms with Crippen LogP contribution in [0.4, 0.5) is 0 Å². The summed E-state index contributed by atoms with van der Waals surface area (Å²) in [6, 6.07) is 5.57. The van der Waals surface area contributed by atoms with E-state index in [1.165, 1.54) is 0 Å². The van der Waals surface area contributed by atoms with E-state index in [1.54, 1.807) is 14.2 Å². The zero-order chi connectivity index (χ0) is 18.7. The monoisotopic (exact) mass is 361 g/mol. The lowest BCUT2D eigenvalue weighted by atomic mass is 9.66. The zero-order valence-electron chi connectivity index (χ0n) is 16.2. The first kappa shape index (κ1) is 19.0. The van der Waals surface area contributed by atoms with Gasteiger partial charge in [0.15, 0.2) is 0 Å². The molecule has 1 aliphatic carbocycles. The van der Waals surface area contributed by atoms with Crippen LogP contribution in [0.3, 0.4) is 0 Å². The van der Waals surface area contributed by atoms with Crippen LogP contribution < -0.4 is 9.47 Å². The minimum absolute atomic E-state index is 0.0341. The molecule has 2 fully saturated rings. The quantitative estimate of drug-likeness (QED) is 0.869. The van der Waals surface area contributed by atoms with E-state index in [-0.39, 0.29) is 17.9 Å². The van der Waals surface area contributed by atoms with Crippen molar-refractivity contribution in [1.82, 2.24) is 4.90 Å². The maximum atomic E-state index is 12.9. The number of hydrogen-bond acceptors (Lipinski definition) is 4. The molecule has 1 aromatic carbocycles. The number of likely N-dealkylation sites (tertiary alicyclic amines) is 1. The van der Waals surface area contributed by atoms with E-state index in [0.717, 1.165) is 49.2 Å². The Morgan fingerprint density at radius 3 is 2.77 bits per heavy atom. The van der Waals surface area contributed by atoms with Gasteiger partial charge in [0.25, 0.3) is 0 Å². The number of benzene rings is 1. The van der Waals surface area contributed by atoms with Crippen molar-refractivity contribution in [2.24, 2.45) is 5.92 Å². The number of amides is 1. The highest BCUT2D eigenvalue weighted by Gasteiger charge is 2.50. The van der Waals surface area contributed by atoms with E-state index in [0.29, 0.717) is 19.4 Å². The van der Waals surface area contributed by atoms with E-state index in [1.807, 2.05) is 30.0 Å². The Morgan fingerprint density at radius 1 is 1.27 bits per heavy atom. The third-order valence-electron chi connectivity index (χ3n) is 6.11. The van der Waals surface area contributed by atoms with Crippen molar-refractivity contribution in [3.63, 3.8) is 0 Å². The number of methoxy groups -OCH3 is 2. The van der Waals surface area contributed by atoms with Gasteiger partial charge in [0.05, 0.1) is 25.9 Å². The largest absolute Gasteiger partial charge is 0.497 e. The van der Waals surface area contributed by atoms with Crippen LogP contribution in [0.5, 0.6) is 11.5 Å². The van der Waals surface area contributed by atoms with E-state index >= 15 is 0 Å². The number of fused-ring (bicyclic) bond motifs is 1.